The van der Waals surface area contributed by atoms with Crippen molar-refractivity contribution in [1.82, 2.24) is 14.8 Å². The van der Waals surface area contributed by atoms with Gasteiger partial charge in [0.1, 0.15) is 0 Å². The van der Waals surface area contributed by atoms with Gasteiger partial charge in [0.15, 0.2) is 11.5 Å². The molecule has 2 aromatic rings. The van der Waals surface area contributed by atoms with Crippen LogP contribution in [0.15, 0.2) is 24.4 Å². The number of nitrogen functional groups attached to an aromatic ring is 1. The number of hydrogen-bond donors (Lipinski definition) is 2. The van der Waals surface area contributed by atoms with Crippen molar-refractivity contribution >= 4 is 11.6 Å². The van der Waals surface area contributed by atoms with Gasteiger partial charge in [0, 0.05) is 6.07 Å². The summed E-state index contributed by atoms with van der Waals surface area (Å²) >= 11 is 0. The van der Waals surface area contributed by atoms with Gasteiger partial charge in [-0.3, -0.25) is 4.79 Å². The van der Waals surface area contributed by atoms with Gasteiger partial charge in [-0.2, -0.15) is 10.1 Å². The molecule has 4 N–H and O–H groups in total. The first-order valence-electron chi connectivity index (χ1n) is 4.78. The van der Waals surface area contributed by atoms with E-state index in [0.29, 0.717) is 11.7 Å². The number of anilines is 1. The lowest BCUT2D eigenvalue weighted by atomic mass is 10.4. The highest BCUT2D eigenvalue weighted by molar-refractivity contribution is 5.95. The van der Waals surface area contributed by atoms with Crippen molar-refractivity contribution in [3.8, 4) is 11.7 Å². The zero-order valence-corrected chi connectivity index (χ0v) is 9.12. The van der Waals surface area contributed by atoms with E-state index in [-0.39, 0.29) is 11.4 Å². The van der Waals surface area contributed by atoms with Gasteiger partial charge in [0.25, 0.3) is 5.91 Å². The highest BCUT2D eigenvalue weighted by Crippen LogP contribution is 2.14. The fourth-order valence-electron chi connectivity index (χ4n) is 1.34. The summed E-state index contributed by atoms with van der Waals surface area (Å²) in [5.41, 5.74) is 11.0. The molecular weight excluding hydrogens is 222 g/mol. The van der Waals surface area contributed by atoms with E-state index in [4.69, 9.17) is 16.2 Å². The van der Waals surface area contributed by atoms with E-state index in [0.717, 1.165) is 0 Å². The van der Waals surface area contributed by atoms with Gasteiger partial charge in [0.2, 0.25) is 5.88 Å². The molecule has 0 aromatic carbocycles. The molecule has 2 rings (SSSR count). The van der Waals surface area contributed by atoms with Crippen LogP contribution in [-0.4, -0.2) is 27.8 Å². The second kappa shape index (κ2) is 4.12. The Hall–Kier alpha value is -2.57. The molecule has 88 valence electrons. The van der Waals surface area contributed by atoms with Crippen LogP contribution < -0.4 is 16.2 Å². The molecule has 0 unspecified atom stereocenters. The average Bonchev–Trinajstić information content (AvgIpc) is 2.71. The Morgan fingerprint density at radius 2 is 2.24 bits per heavy atom. The van der Waals surface area contributed by atoms with E-state index < -0.39 is 5.91 Å². The van der Waals surface area contributed by atoms with Crippen LogP contribution in [0.4, 0.5) is 5.69 Å². The number of nitrogens with zero attached hydrogens (tertiary/aromatic N) is 3. The molecule has 0 aliphatic rings. The normalized spacial score (nSPS) is 10.2. The number of ether oxygens (including phenoxy) is 1. The number of rotatable bonds is 3. The van der Waals surface area contributed by atoms with Crippen molar-refractivity contribution in [2.45, 2.75) is 0 Å². The van der Waals surface area contributed by atoms with Gasteiger partial charge in [-0.25, -0.2) is 4.68 Å². The topological polar surface area (TPSA) is 109 Å². The maximum atomic E-state index is 11.0. The Kier molecular flexibility index (Phi) is 2.65. The van der Waals surface area contributed by atoms with Crippen LogP contribution in [0.25, 0.3) is 5.82 Å². The molecule has 0 fully saturated rings. The summed E-state index contributed by atoms with van der Waals surface area (Å²) in [6.45, 7) is 0. The van der Waals surface area contributed by atoms with Gasteiger partial charge in [0.05, 0.1) is 19.0 Å². The number of pyridine rings is 1. The molecule has 0 aliphatic heterocycles. The van der Waals surface area contributed by atoms with Gasteiger partial charge < -0.3 is 16.2 Å². The molecule has 7 nitrogen and oxygen atoms in total. The molecule has 0 atom stereocenters. The summed E-state index contributed by atoms with van der Waals surface area (Å²) in [6.07, 6.45) is 1.47. The predicted octanol–water partition coefficient (Wildman–Crippen LogP) is -0.0430. The van der Waals surface area contributed by atoms with Gasteiger partial charge in [-0.05, 0) is 6.07 Å². The monoisotopic (exact) mass is 233 g/mol. The largest absolute Gasteiger partial charge is 0.481 e. The molecule has 0 bridgehead atoms. The van der Waals surface area contributed by atoms with E-state index >= 15 is 0 Å². The SMILES string of the molecule is COc1cccc(-n2cc(N)c(C(N)=O)n2)n1. The van der Waals surface area contributed by atoms with Crippen LogP contribution in [0.5, 0.6) is 5.88 Å². The number of amides is 1. The Balaban J connectivity index is 2.46. The molecule has 0 aliphatic carbocycles. The Morgan fingerprint density at radius 1 is 1.47 bits per heavy atom. The summed E-state index contributed by atoms with van der Waals surface area (Å²) in [4.78, 5) is 15.2. The summed E-state index contributed by atoms with van der Waals surface area (Å²) in [6, 6.07) is 5.16. The van der Waals surface area contributed by atoms with Crippen molar-refractivity contribution in [3.63, 3.8) is 0 Å². The van der Waals surface area contributed by atoms with Crippen LogP contribution in [0, 0.1) is 0 Å². The first-order chi connectivity index (χ1) is 8.11. The number of aromatic nitrogens is 3. The summed E-state index contributed by atoms with van der Waals surface area (Å²) < 4.78 is 6.36. The van der Waals surface area contributed by atoms with E-state index in [9.17, 15) is 4.79 Å². The minimum Gasteiger partial charge on any atom is -0.481 e. The number of methoxy groups -OCH3 is 1. The zero-order valence-electron chi connectivity index (χ0n) is 9.12. The molecule has 7 heteroatoms. The molecule has 0 saturated heterocycles. The Labute approximate surface area is 97.0 Å². The Bertz CT molecular complexity index is 564. The molecule has 2 heterocycles. The number of carbonyl (C=O) groups is 1. The second-order valence-corrected chi connectivity index (χ2v) is 3.28. The van der Waals surface area contributed by atoms with E-state index in [2.05, 4.69) is 10.1 Å². The number of carbonyl (C=O) groups excluding carboxylic acids is 1. The molecule has 0 radical (unpaired) electrons. The number of hydrogen-bond acceptors (Lipinski definition) is 5. The van der Waals surface area contributed by atoms with Crippen LogP contribution in [0.2, 0.25) is 0 Å². The maximum absolute atomic E-state index is 11.0. The molecule has 0 spiro atoms. The highest BCUT2D eigenvalue weighted by atomic mass is 16.5. The summed E-state index contributed by atoms with van der Waals surface area (Å²) in [5.74, 6) is 0.255. The quantitative estimate of drug-likeness (QED) is 0.772. The molecular formula is C10H11N5O2. The molecule has 0 saturated carbocycles. The minimum absolute atomic E-state index is 0.0228. The standard InChI is InChI=1S/C10H11N5O2/c1-17-8-4-2-3-7(13-8)15-5-6(11)9(14-15)10(12)16/h2-5H,11H2,1H3,(H2,12,16). The molecule has 1 amide bonds. The third-order valence-corrected chi connectivity index (χ3v) is 2.13. The van der Waals surface area contributed by atoms with E-state index in [1.54, 1.807) is 18.2 Å². The predicted molar refractivity (Wildman–Crippen MR) is 60.8 cm³/mol. The van der Waals surface area contributed by atoms with Crippen molar-refractivity contribution in [2.75, 3.05) is 12.8 Å². The Morgan fingerprint density at radius 3 is 2.82 bits per heavy atom. The number of primary amides is 1. The first-order valence-corrected chi connectivity index (χ1v) is 4.78. The highest BCUT2D eigenvalue weighted by Gasteiger charge is 2.12. The summed E-state index contributed by atoms with van der Waals surface area (Å²) in [7, 11) is 1.51. The van der Waals surface area contributed by atoms with Crippen molar-refractivity contribution in [2.24, 2.45) is 5.73 Å². The lowest BCUT2D eigenvalue weighted by molar-refractivity contribution is 0.0996. The summed E-state index contributed by atoms with van der Waals surface area (Å²) in [5, 5.41) is 3.95. The fourth-order valence-corrected chi connectivity index (χ4v) is 1.34. The lowest BCUT2D eigenvalue weighted by Gasteiger charge is -2.02. The van der Waals surface area contributed by atoms with Crippen LogP contribution in [0.3, 0.4) is 0 Å². The van der Waals surface area contributed by atoms with Crippen LogP contribution in [0.1, 0.15) is 10.5 Å². The molecule has 2 aromatic heterocycles. The lowest BCUT2D eigenvalue weighted by Crippen LogP contribution is -2.14. The van der Waals surface area contributed by atoms with Crippen molar-refractivity contribution in [3.05, 3.63) is 30.1 Å². The molecule has 17 heavy (non-hydrogen) atoms. The zero-order chi connectivity index (χ0) is 12.4. The third kappa shape index (κ3) is 2.03. The van der Waals surface area contributed by atoms with Crippen molar-refractivity contribution in [1.29, 1.82) is 0 Å². The third-order valence-electron chi connectivity index (χ3n) is 2.13. The van der Waals surface area contributed by atoms with Crippen LogP contribution >= 0.6 is 0 Å². The van der Waals surface area contributed by atoms with Crippen molar-refractivity contribution < 1.29 is 9.53 Å². The smallest absolute Gasteiger partial charge is 0.271 e. The average molecular weight is 233 g/mol. The first kappa shape index (κ1) is 10.9. The maximum Gasteiger partial charge on any atom is 0.271 e. The minimum atomic E-state index is -0.677. The van der Waals surface area contributed by atoms with Gasteiger partial charge >= 0.3 is 0 Å². The van der Waals surface area contributed by atoms with Crippen LogP contribution in [-0.2, 0) is 0 Å². The second-order valence-electron chi connectivity index (χ2n) is 3.28. The van der Waals surface area contributed by atoms with E-state index in [1.807, 2.05) is 0 Å². The van der Waals surface area contributed by atoms with Gasteiger partial charge in [-0.15, -0.1) is 0 Å². The fraction of sp³-hybridized carbons (Fsp3) is 0.100. The number of nitrogens with two attached hydrogens (primary N) is 2. The van der Waals surface area contributed by atoms with Gasteiger partial charge in [-0.1, -0.05) is 6.07 Å². The van der Waals surface area contributed by atoms with E-state index in [1.165, 1.54) is 18.0 Å².